The molecule has 0 heterocycles. The van der Waals surface area contributed by atoms with Gasteiger partial charge in [-0.1, -0.05) is 105 Å². The summed E-state index contributed by atoms with van der Waals surface area (Å²) in [6.45, 7) is 6.44. The Labute approximate surface area is 247 Å². The van der Waals surface area contributed by atoms with Crippen LogP contribution in [0, 0.1) is 0 Å². The molecule has 2 amide bonds. The molecule has 1 aliphatic carbocycles. The number of nitrogens with zero attached hydrogens (tertiary/aromatic N) is 1. The Balaban J connectivity index is 1.60. The van der Waals surface area contributed by atoms with Crippen molar-refractivity contribution in [3.8, 4) is 5.75 Å². The summed E-state index contributed by atoms with van der Waals surface area (Å²) in [7, 11) is 0. The van der Waals surface area contributed by atoms with Crippen LogP contribution in [0.15, 0.2) is 72.8 Å². The Bertz CT molecular complexity index is 1280. The van der Waals surface area contributed by atoms with E-state index in [4.69, 9.17) is 27.9 Å². The summed E-state index contributed by atoms with van der Waals surface area (Å²) in [4.78, 5) is 29.2. The molecule has 1 saturated carbocycles. The zero-order chi connectivity index (χ0) is 28.7. The maximum absolute atomic E-state index is 13.8. The smallest absolute Gasteiger partial charge is 0.261 e. The average molecular weight is 582 g/mol. The highest BCUT2D eigenvalue weighted by atomic mass is 35.5. The van der Waals surface area contributed by atoms with Gasteiger partial charge in [0.1, 0.15) is 11.8 Å². The topological polar surface area (TPSA) is 58.6 Å². The minimum absolute atomic E-state index is 0.0162. The van der Waals surface area contributed by atoms with Crippen LogP contribution in [0.2, 0.25) is 10.0 Å². The van der Waals surface area contributed by atoms with Gasteiger partial charge in [0, 0.05) is 19.0 Å². The summed E-state index contributed by atoms with van der Waals surface area (Å²) in [5.41, 5.74) is 2.95. The summed E-state index contributed by atoms with van der Waals surface area (Å²) in [5.74, 6) is 0.165. The maximum atomic E-state index is 13.8. The third-order valence-electron chi connectivity index (χ3n) is 7.39. The second-order valence-electron chi connectivity index (χ2n) is 11.5. The minimum Gasteiger partial charge on any atom is -0.484 e. The second kappa shape index (κ2) is 13.6. The van der Waals surface area contributed by atoms with Crippen LogP contribution in [0.4, 0.5) is 0 Å². The van der Waals surface area contributed by atoms with E-state index in [0.29, 0.717) is 22.2 Å². The number of benzene rings is 3. The van der Waals surface area contributed by atoms with Crippen LogP contribution in [0.25, 0.3) is 0 Å². The molecule has 1 fully saturated rings. The predicted octanol–water partition coefficient (Wildman–Crippen LogP) is 7.37. The van der Waals surface area contributed by atoms with Crippen molar-refractivity contribution < 1.29 is 14.3 Å². The van der Waals surface area contributed by atoms with Crippen LogP contribution in [-0.4, -0.2) is 35.4 Å². The number of amides is 2. The van der Waals surface area contributed by atoms with E-state index in [1.54, 1.807) is 17.0 Å². The average Bonchev–Trinajstić information content (AvgIpc) is 3.44. The van der Waals surface area contributed by atoms with Crippen molar-refractivity contribution in [2.45, 2.75) is 76.9 Å². The minimum atomic E-state index is -0.725. The summed E-state index contributed by atoms with van der Waals surface area (Å²) in [6.07, 6.45) is 4.49. The Morgan fingerprint density at radius 1 is 0.925 bits per heavy atom. The van der Waals surface area contributed by atoms with Gasteiger partial charge in [-0.15, -0.1) is 0 Å². The molecular weight excluding hydrogens is 543 g/mol. The molecule has 4 rings (SSSR count). The zero-order valence-corrected chi connectivity index (χ0v) is 25.0. The standard InChI is InChI=1S/C33H38Cl2N2O3/c1-33(2,3)25-14-16-27(17-15-25)40-22-31(38)37(21-24-13-18-28(34)29(35)19-24)30(20-23-9-5-4-6-10-23)32(39)36-26-11-7-8-12-26/h4-6,9-10,13-19,26,30H,7-8,11-12,20-22H2,1-3H3,(H,36,39)/t30-/m1/s1. The van der Waals surface area contributed by atoms with Gasteiger partial charge in [0.25, 0.3) is 5.91 Å². The van der Waals surface area contributed by atoms with E-state index < -0.39 is 6.04 Å². The van der Waals surface area contributed by atoms with Crippen molar-refractivity contribution in [1.82, 2.24) is 10.2 Å². The molecule has 1 aliphatic rings. The molecule has 3 aromatic rings. The van der Waals surface area contributed by atoms with Gasteiger partial charge in [-0.05, 0) is 59.2 Å². The van der Waals surface area contributed by atoms with E-state index in [1.807, 2.05) is 60.7 Å². The first-order chi connectivity index (χ1) is 19.1. The fraction of sp³-hybridized carbons (Fsp3) is 0.394. The van der Waals surface area contributed by atoms with E-state index in [2.05, 4.69) is 26.1 Å². The molecule has 7 heteroatoms. The van der Waals surface area contributed by atoms with Crippen LogP contribution in [-0.2, 0) is 28.0 Å². The number of hydrogen-bond acceptors (Lipinski definition) is 3. The van der Waals surface area contributed by atoms with Gasteiger partial charge in [-0.25, -0.2) is 0 Å². The predicted molar refractivity (Wildman–Crippen MR) is 162 cm³/mol. The van der Waals surface area contributed by atoms with E-state index in [0.717, 1.165) is 36.8 Å². The summed E-state index contributed by atoms with van der Waals surface area (Å²) in [6, 6.07) is 22.2. The summed E-state index contributed by atoms with van der Waals surface area (Å²) >= 11 is 12.5. The first-order valence-corrected chi connectivity index (χ1v) is 14.7. The lowest BCUT2D eigenvalue weighted by Gasteiger charge is -2.32. The lowest BCUT2D eigenvalue weighted by Crippen LogP contribution is -2.53. The molecule has 0 radical (unpaired) electrons. The van der Waals surface area contributed by atoms with E-state index in [9.17, 15) is 9.59 Å². The Hall–Kier alpha value is -3.02. The number of ether oxygens (including phenoxy) is 1. The normalized spacial score (nSPS) is 14.5. The number of carbonyl (C=O) groups is 2. The van der Waals surface area contributed by atoms with Crippen LogP contribution in [0.5, 0.6) is 5.75 Å². The van der Waals surface area contributed by atoms with Gasteiger partial charge < -0.3 is 15.0 Å². The highest BCUT2D eigenvalue weighted by Crippen LogP contribution is 2.26. The van der Waals surface area contributed by atoms with Gasteiger partial charge in [0.2, 0.25) is 5.91 Å². The van der Waals surface area contributed by atoms with Gasteiger partial charge in [-0.2, -0.15) is 0 Å². The molecule has 0 saturated heterocycles. The highest BCUT2D eigenvalue weighted by molar-refractivity contribution is 6.42. The lowest BCUT2D eigenvalue weighted by molar-refractivity contribution is -0.143. The van der Waals surface area contributed by atoms with Gasteiger partial charge in [-0.3, -0.25) is 9.59 Å². The number of nitrogens with one attached hydrogen (secondary N) is 1. The van der Waals surface area contributed by atoms with Crippen molar-refractivity contribution in [3.63, 3.8) is 0 Å². The SMILES string of the molecule is CC(C)(C)c1ccc(OCC(=O)N(Cc2ccc(Cl)c(Cl)c2)[C@H](Cc2ccccc2)C(=O)NC2CCCC2)cc1. The molecule has 1 N–H and O–H groups in total. The first-order valence-electron chi connectivity index (χ1n) is 13.9. The molecule has 0 aliphatic heterocycles. The third-order valence-corrected chi connectivity index (χ3v) is 8.13. The molecule has 0 unspecified atom stereocenters. The Morgan fingerprint density at radius 2 is 1.60 bits per heavy atom. The Kier molecular flexibility index (Phi) is 10.2. The Morgan fingerprint density at radius 3 is 2.23 bits per heavy atom. The highest BCUT2D eigenvalue weighted by Gasteiger charge is 2.32. The molecule has 212 valence electrons. The van der Waals surface area contributed by atoms with Crippen molar-refractivity contribution in [2.75, 3.05) is 6.61 Å². The number of halogens is 2. The van der Waals surface area contributed by atoms with Crippen molar-refractivity contribution in [2.24, 2.45) is 0 Å². The fourth-order valence-electron chi connectivity index (χ4n) is 5.04. The molecular formula is C33H38Cl2N2O3. The van der Waals surface area contributed by atoms with E-state index in [-0.39, 0.29) is 36.4 Å². The molecule has 5 nitrogen and oxygen atoms in total. The quantitative estimate of drug-likeness (QED) is 0.272. The monoisotopic (exact) mass is 580 g/mol. The molecule has 0 aromatic heterocycles. The number of hydrogen-bond donors (Lipinski definition) is 1. The van der Waals surface area contributed by atoms with Crippen LogP contribution in [0.3, 0.4) is 0 Å². The fourth-order valence-corrected chi connectivity index (χ4v) is 5.36. The van der Waals surface area contributed by atoms with E-state index in [1.165, 1.54) is 5.56 Å². The molecule has 0 bridgehead atoms. The molecule has 40 heavy (non-hydrogen) atoms. The summed E-state index contributed by atoms with van der Waals surface area (Å²) in [5, 5.41) is 4.05. The molecule has 3 aromatic carbocycles. The van der Waals surface area contributed by atoms with Gasteiger partial charge in [0.15, 0.2) is 6.61 Å². The van der Waals surface area contributed by atoms with Crippen molar-refractivity contribution >= 4 is 35.0 Å². The molecule has 0 spiro atoms. The van der Waals surface area contributed by atoms with Crippen LogP contribution >= 0.6 is 23.2 Å². The third kappa shape index (κ3) is 8.25. The zero-order valence-electron chi connectivity index (χ0n) is 23.5. The van der Waals surface area contributed by atoms with Crippen molar-refractivity contribution in [3.05, 3.63) is 99.5 Å². The first kappa shape index (κ1) is 30.0. The van der Waals surface area contributed by atoms with Crippen molar-refractivity contribution in [1.29, 1.82) is 0 Å². The van der Waals surface area contributed by atoms with Crippen LogP contribution < -0.4 is 10.1 Å². The lowest BCUT2D eigenvalue weighted by atomic mass is 9.87. The largest absolute Gasteiger partial charge is 0.484 e. The van der Waals surface area contributed by atoms with Crippen LogP contribution in [0.1, 0.15) is 63.1 Å². The second-order valence-corrected chi connectivity index (χ2v) is 12.3. The van der Waals surface area contributed by atoms with E-state index >= 15 is 0 Å². The summed E-state index contributed by atoms with van der Waals surface area (Å²) < 4.78 is 5.94. The van der Waals surface area contributed by atoms with Gasteiger partial charge >= 0.3 is 0 Å². The number of rotatable bonds is 10. The number of carbonyl (C=O) groups excluding carboxylic acids is 2. The molecule has 1 atom stereocenters. The maximum Gasteiger partial charge on any atom is 0.261 e. The van der Waals surface area contributed by atoms with Gasteiger partial charge in [0.05, 0.1) is 10.0 Å².